The van der Waals surface area contributed by atoms with Crippen molar-refractivity contribution in [2.75, 3.05) is 11.8 Å². The zero-order valence-corrected chi connectivity index (χ0v) is 23.1. The third-order valence-corrected chi connectivity index (χ3v) is 7.93. The van der Waals surface area contributed by atoms with E-state index in [4.69, 9.17) is 9.47 Å². The Balaban J connectivity index is 1.95. The smallest absolute Gasteiger partial charge is 0.310 e. The van der Waals surface area contributed by atoms with Crippen LogP contribution in [-0.4, -0.2) is 21.5 Å². The topological polar surface area (TPSA) is 81.7 Å². The van der Waals surface area contributed by atoms with E-state index in [-0.39, 0.29) is 18.7 Å². The molecule has 4 aromatic carbocycles. The molecular formula is C31H30FNO5S. The van der Waals surface area contributed by atoms with Gasteiger partial charge in [0.15, 0.2) is 0 Å². The number of esters is 1. The van der Waals surface area contributed by atoms with Crippen LogP contribution < -0.4 is 9.46 Å². The predicted octanol–water partition coefficient (Wildman–Crippen LogP) is 6.51. The van der Waals surface area contributed by atoms with E-state index >= 15 is 0 Å². The van der Waals surface area contributed by atoms with E-state index in [9.17, 15) is 17.6 Å². The van der Waals surface area contributed by atoms with Crippen molar-refractivity contribution in [3.63, 3.8) is 0 Å². The fraction of sp³-hybridized carbons (Fsp3) is 0.194. The van der Waals surface area contributed by atoms with Crippen molar-refractivity contribution >= 4 is 21.7 Å². The molecule has 0 radical (unpaired) electrons. The maximum Gasteiger partial charge on any atom is 0.310 e. The summed E-state index contributed by atoms with van der Waals surface area (Å²) in [6.45, 7) is 5.67. The summed E-state index contributed by atoms with van der Waals surface area (Å²) in [4.78, 5) is 12.0. The van der Waals surface area contributed by atoms with Crippen molar-refractivity contribution in [3.8, 4) is 16.9 Å². The Labute approximate surface area is 228 Å². The van der Waals surface area contributed by atoms with Crippen molar-refractivity contribution < 1.29 is 27.1 Å². The van der Waals surface area contributed by atoms with Crippen molar-refractivity contribution in [2.24, 2.45) is 0 Å². The Bertz CT molecular complexity index is 1600. The maximum atomic E-state index is 14.5. The van der Waals surface area contributed by atoms with E-state index in [0.717, 1.165) is 28.3 Å². The number of methoxy groups -OCH3 is 1. The van der Waals surface area contributed by atoms with Crippen LogP contribution in [-0.2, 0) is 32.6 Å². The molecule has 0 bridgehead atoms. The zero-order valence-electron chi connectivity index (χ0n) is 22.2. The predicted molar refractivity (Wildman–Crippen MR) is 150 cm³/mol. The molecule has 0 amide bonds. The lowest BCUT2D eigenvalue weighted by atomic mass is 9.88. The molecular weight excluding hydrogens is 517 g/mol. The van der Waals surface area contributed by atoms with E-state index in [2.05, 4.69) is 4.72 Å². The molecule has 39 heavy (non-hydrogen) atoms. The van der Waals surface area contributed by atoms with E-state index < -0.39 is 26.7 Å². The number of ether oxygens (including phenoxy) is 2. The van der Waals surface area contributed by atoms with Gasteiger partial charge in [-0.1, -0.05) is 72.3 Å². The molecule has 0 aliphatic rings. The van der Waals surface area contributed by atoms with Crippen LogP contribution >= 0.6 is 0 Å². The number of benzene rings is 4. The van der Waals surface area contributed by atoms with Crippen LogP contribution in [0.5, 0.6) is 5.75 Å². The lowest BCUT2D eigenvalue weighted by molar-refractivity contribution is -0.139. The third kappa shape index (κ3) is 6.12. The largest absolute Gasteiger partial charge is 0.486 e. The number of hydrogen-bond acceptors (Lipinski definition) is 5. The highest BCUT2D eigenvalue weighted by Gasteiger charge is 2.28. The van der Waals surface area contributed by atoms with Gasteiger partial charge in [-0.15, -0.1) is 0 Å². The molecule has 0 spiro atoms. The fourth-order valence-electron chi connectivity index (χ4n) is 4.47. The zero-order chi connectivity index (χ0) is 28.2. The van der Waals surface area contributed by atoms with Crippen molar-refractivity contribution in [1.82, 2.24) is 0 Å². The second-order valence-corrected chi connectivity index (χ2v) is 10.9. The second kappa shape index (κ2) is 11.7. The van der Waals surface area contributed by atoms with Crippen LogP contribution in [0.4, 0.5) is 10.1 Å². The molecule has 0 saturated carbocycles. The average Bonchev–Trinajstić information content (AvgIpc) is 2.92. The van der Waals surface area contributed by atoms with Crippen LogP contribution in [0.2, 0.25) is 0 Å². The molecule has 4 rings (SSSR count). The summed E-state index contributed by atoms with van der Waals surface area (Å²) in [5.74, 6) is -1.07. The van der Waals surface area contributed by atoms with Crippen molar-refractivity contribution in [1.29, 1.82) is 0 Å². The van der Waals surface area contributed by atoms with Gasteiger partial charge in [0.05, 0.1) is 19.2 Å². The first-order valence-corrected chi connectivity index (χ1v) is 13.8. The maximum absolute atomic E-state index is 14.5. The first-order valence-electron chi connectivity index (χ1n) is 12.4. The minimum absolute atomic E-state index is 0.0974. The molecule has 0 aliphatic carbocycles. The van der Waals surface area contributed by atoms with Gasteiger partial charge in [-0.05, 0) is 60.7 Å². The summed E-state index contributed by atoms with van der Waals surface area (Å²) in [7, 11) is -3.04. The summed E-state index contributed by atoms with van der Waals surface area (Å²) in [5, 5.41) is 0. The van der Waals surface area contributed by atoms with Crippen molar-refractivity contribution in [3.05, 3.63) is 112 Å². The summed E-state index contributed by atoms with van der Waals surface area (Å²) >= 11 is 0. The van der Waals surface area contributed by atoms with Gasteiger partial charge < -0.3 is 9.47 Å². The van der Waals surface area contributed by atoms with Crippen LogP contribution in [0.3, 0.4) is 0 Å². The van der Waals surface area contributed by atoms with Crippen LogP contribution in [0, 0.1) is 26.6 Å². The molecule has 0 unspecified atom stereocenters. The highest BCUT2D eigenvalue weighted by atomic mass is 32.2. The minimum Gasteiger partial charge on any atom is -0.486 e. The molecule has 202 valence electrons. The summed E-state index contributed by atoms with van der Waals surface area (Å²) in [5.41, 5.74) is 5.37. The minimum atomic E-state index is -4.34. The van der Waals surface area contributed by atoms with Crippen LogP contribution in [0.1, 0.15) is 27.8 Å². The molecule has 0 heterocycles. The first-order chi connectivity index (χ1) is 18.6. The van der Waals surface area contributed by atoms with Crippen LogP contribution in [0.25, 0.3) is 11.1 Å². The standard InChI is InChI=1S/C31H30FNO5S/c1-20-14-16-24(17-15-20)29-22(3)31(38-19-23-10-6-5-7-11-23)30(21(2)25(29)18-28(34)37-4)33-39(35,36)27-13-9-8-12-26(27)32/h5-17,33H,18-19H2,1-4H3. The molecule has 1 N–H and O–H groups in total. The van der Waals surface area contributed by atoms with E-state index in [1.807, 2.05) is 68.4 Å². The Morgan fingerprint density at radius 1 is 0.872 bits per heavy atom. The van der Waals surface area contributed by atoms with Crippen molar-refractivity contribution in [2.45, 2.75) is 38.7 Å². The lowest BCUT2D eigenvalue weighted by Crippen LogP contribution is -2.18. The average molecular weight is 548 g/mol. The molecule has 4 aromatic rings. The number of carbonyl (C=O) groups excluding carboxylic acids is 1. The normalized spacial score (nSPS) is 11.2. The van der Waals surface area contributed by atoms with Gasteiger partial charge in [-0.25, -0.2) is 12.8 Å². The fourth-order valence-corrected chi connectivity index (χ4v) is 5.68. The molecule has 0 atom stereocenters. The van der Waals surface area contributed by atoms with E-state index in [0.29, 0.717) is 22.4 Å². The SMILES string of the molecule is COC(=O)Cc1c(C)c(NS(=O)(=O)c2ccccc2F)c(OCc2ccccc2)c(C)c1-c1ccc(C)cc1. The number of sulfonamides is 1. The van der Waals surface area contributed by atoms with Gasteiger partial charge in [0, 0.05) is 5.56 Å². The van der Waals surface area contributed by atoms with Gasteiger partial charge in [0.25, 0.3) is 10.0 Å². The number of carbonyl (C=O) groups is 1. The number of hydrogen-bond donors (Lipinski definition) is 1. The van der Waals surface area contributed by atoms with Gasteiger partial charge in [0.1, 0.15) is 23.1 Å². The summed E-state index contributed by atoms with van der Waals surface area (Å²) < 4.78 is 55.1. The summed E-state index contributed by atoms with van der Waals surface area (Å²) in [6, 6.07) is 22.4. The molecule has 6 nitrogen and oxygen atoms in total. The third-order valence-electron chi connectivity index (χ3n) is 6.55. The number of halogens is 1. The quantitative estimate of drug-likeness (QED) is 0.242. The highest BCUT2D eigenvalue weighted by molar-refractivity contribution is 7.92. The molecule has 0 saturated heterocycles. The van der Waals surface area contributed by atoms with Gasteiger partial charge in [-0.3, -0.25) is 9.52 Å². The molecule has 8 heteroatoms. The Hall–Kier alpha value is -4.17. The first kappa shape index (κ1) is 27.9. The lowest BCUT2D eigenvalue weighted by Gasteiger charge is -2.25. The number of anilines is 1. The molecule has 0 fully saturated rings. The second-order valence-electron chi connectivity index (χ2n) is 9.24. The summed E-state index contributed by atoms with van der Waals surface area (Å²) in [6.07, 6.45) is -0.0974. The van der Waals surface area contributed by atoms with E-state index in [1.54, 1.807) is 6.92 Å². The van der Waals surface area contributed by atoms with Crippen LogP contribution in [0.15, 0.2) is 83.8 Å². The Kier molecular flexibility index (Phi) is 8.35. The molecule has 0 aromatic heterocycles. The molecule has 0 aliphatic heterocycles. The van der Waals surface area contributed by atoms with Gasteiger partial charge >= 0.3 is 5.97 Å². The monoisotopic (exact) mass is 547 g/mol. The van der Waals surface area contributed by atoms with Gasteiger partial charge in [-0.2, -0.15) is 0 Å². The highest BCUT2D eigenvalue weighted by Crippen LogP contribution is 2.44. The number of rotatable bonds is 9. The van der Waals surface area contributed by atoms with E-state index in [1.165, 1.54) is 25.3 Å². The Morgan fingerprint density at radius 2 is 1.51 bits per heavy atom. The number of nitrogens with one attached hydrogen (secondary N) is 1. The van der Waals surface area contributed by atoms with Gasteiger partial charge in [0.2, 0.25) is 0 Å². The number of aryl methyl sites for hydroxylation is 1. The Morgan fingerprint density at radius 3 is 2.15 bits per heavy atom.